The maximum atomic E-state index is 10.7. The molecule has 0 aliphatic heterocycles. The molecule has 18 heavy (non-hydrogen) atoms. The Balaban J connectivity index is 2.50. The van der Waals surface area contributed by atoms with Gasteiger partial charge >= 0.3 is 0 Å². The van der Waals surface area contributed by atoms with Crippen molar-refractivity contribution in [3.63, 3.8) is 0 Å². The van der Waals surface area contributed by atoms with Crippen LogP contribution in [0.25, 0.3) is 10.9 Å². The van der Waals surface area contributed by atoms with E-state index in [0.29, 0.717) is 5.52 Å². The monoisotopic (exact) mass is 266 g/mol. The molecule has 5 nitrogen and oxygen atoms in total. The van der Waals surface area contributed by atoms with Crippen molar-refractivity contribution in [1.29, 1.82) is 0 Å². The number of aliphatic hydroxyl groups excluding tert-OH is 1. The second kappa shape index (κ2) is 4.88. The molecule has 0 saturated carbocycles. The van der Waals surface area contributed by atoms with Crippen LogP contribution >= 0.6 is 11.6 Å². The molecule has 0 spiro atoms. The number of benzene rings is 1. The van der Waals surface area contributed by atoms with Crippen LogP contribution in [0.3, 0.4) is 0 Å². The van der Waals surface area contributed by atoms with E-state index in [0.717, 1.165) is 5.39 Å². The van der Waals surface area contributed by atoms with Crippen molar-refractivity contribution in [3.05, 3.63) is 51.2 Å². The topological polar surface area (TPSA) is 76.3 Å². The fourth-order valence-electron chi connectivity index (χ4n) is 1.69. The van der Waals surface area contributed by atoms with E-state index in [1.807, 2.05) is 18.2 Å². The zero-order valence-electron chi connectivity index (χ0n) is 9.58. The number of rotatable bonds is 3. The molecule has 0 bridgehead atoms. The van der Waals surface area contributed by atoms with Crippen LogP contribution in [0.1, 0.15) is 18.6 Å². The fraction of sp³-hybridized carbons (Fsp3) is 0.250. The number of hydrogen-bond acceptors (Lipinski definition) is 4. The van der Waals surface area contributed by atoms with Crippen molar-refractivity contribution in [2.24, 2.45) is 0 Å². The summed E-state index contributed by atoms with van der Waals surface area (Å²) >= 11 is 5.95. The summed E-state index contributed by atoms with van der Waals surface area (Å²) in [6.07, 6.45) is -1.27. The van der Waals surface area contributed by atoms with E-state index in [2.05, 4.69) is 4.98 Å². The summed E-state index contributed by atoms with van der Waals surface area (Å²) in [5.41, 5.74) is 0.965. The highest BCUT2D eigenvalue weighted by molar-refractivity contribution is 6.30. The molecule has 0 amide bonds. The van der Waals surface area contributed by atoms with E-state index in [-0.39, 0.29) is 10.7 Å². The number of fused-ring (bicyclic) bond motifs is 1. The average Bonchev–Trinajstić information content (AvgIpc) is 2.36. The van der Waals surface area contributed by atoms with Crippen LogP contribution in [0.4, 0.5) is 0 Å². The smallest absolute Gasteiger partial charge is 0.240 e. The van der Waals surface area contributed by atoms with Gasteiger partial charge in [-0.1, -0.05) is 29.8 Å². The summed E-state index contributed by atoms with van der Waals surface area (Å²) in [6.45, 7) is 1.33. The minimum absolute atomic E-state index is 0.0925. The van der Waals surface area contributed by atoms with Crippen LogP contribution in [0.2, 0.25) is 5.15 Å². The first-order valence-electron chi connectivity index (χ1n) is 5.37. The number of halogens is 1. The highest BCUT2D eigenvalue weighted by atomic mass is 35.5. The predicted molar refractivity (Wildman–Crippen MR) is 68.2 cm³/mol. The highest BCUT2D eigenvalue weighted by Crippen LogP contribution is 2.28. The third kappa shape index (κ3) is 2.27. The number of para-hydroxylation sites is 1. The van der Waals surface area contributed by atoms with Gasteiger partial charge in [-0.3, -0.25) is 10.1 Å². The minimum Gasteiger partial charge on any atom is -0.381 e. The van der Waals surface area contributed by atoms with E-state index in [4.69, 9.17) is 11.6 Å². The molecule has 0 aliphatic carbocycles. The Morgan fingerprint density at radius 2 is 2.11 bits per heavy atom. The SMILES string of the molecule is CC(C(O)c1cc2ccccc2nc1Cl)[N+](=O)[O-]. The van der Waals surface area contributed by atoms with Crippen molar-refractivity contribution >= 4 is 22.5 Å². The van der Waals surface area contributed by atoms with Crippen molar-refractivity contribution in [2.75, 3.05) is 0 Å². The summed E-state index contributed by atoms with van der Waals surface area (Å²) in [4.78, 5) is 14.2. The van der Waals surface area contributed by atoms with Gasteiger partial charge in [-0.25, -0.2) is 4.98 Å². The molecular weight excluding hydrogens is 256 g/mol. The molecule has 0 saturated heterocycles. The van der Waals surface area contributed by atoms with Gasteiger partial charge in [-0.15, -0.1) is 0 Å². The molecule has 94 valence electrons. The van der Waals surface area contributed by atoms with Gasteiger partial charge in [-0.05, 0) is 12.1 Å². The average molecular weight is 267 g/mol. The summed E-state index contributed by atoms with van der Waals surface area (Å²) in [7, 11) is 0. The molecule has 1 heterocycles. The Bertz CT molecular complexity index is 603. The molecule has 2 atom stereocenters. The van der Waals surface area contributed by atoms with Crippen LogP contribution in [0.15, 0.2) is 30.3 Å². The first-order valence-corrected chi connectivity index (χ1v) is 5.75. The molecule has 2 rings (SSSR count). The largest absolute Gasteiger partial charge is 0.381 e. The molecule has 1 aromatic carbocycles. The minimum atomic E-state index is -1.27. The molecular formula is C12H11ClN2O3. The lowest BCUT2D eigenvalue weighted by molar-refractivity contribution is -0.531. The first-order chi connectivity index (χ1) is 8.50. The number of nitro groups is 1. The second-order valence-corrected chi connectivity index (χ2v) is 4.39. The van der Waals surface area contributed by atoms with Crippen molar-refractivity contribution < 1.29 is 10.0 Å². The number of aromatic nitrogens is 1. The third-order valence-electron chi connectivity index (χ3n) is 2.81. The Labute approximate surface area is 108 Å². The highest BCUT2D eigenvalue weighted by Gasteiger charge is 2.28. The summed E-state index contributed by atoms with van der Waals surface area (Å²) < 4.78 is 0. The molecule has 0 fully saturated rings. The molecule has 0 radical (unpaired) electrons. The number of hydrogen-bond donors (Lipinski definition) is 1. The van der Waals surface area contributed by atoms with Gasteiger partial charge < -0.3 is 5.11 Å². The van der Waals surface area contributed by atoms with Crippen molar-refractivity contribution in [3.8, 4) is 0 Å². The second-order valence-electron chi connectivity index (χ2n) is 4.03. The lowest BCUT2D eigenvalue weighted by Crippen LogP contribution is -2.24. The van der Waals surface area contributed by atoms with E-state index >= 15 is 0 Å². The molecule has 1 aromatic heterocycles. The predicted octanol–water partition coefficient (Wildman–Crippen LogP) is 2.59. The zero-order valence-corrected chi connectivity index (χ0v) is 10.3. The van der Waals surface area contributed by atoms with Gasteiger partial charge in [0.05, 0.1) is 5.52 Å². The molecule has 6 heteroatoms. The van der Waals surface area contributed by atoms with Crippen LogP contribution in [0, 0.1) is 10.1 Å². The molecule has 2 aromatic rings. The van der Waals surface area contributed by atoms with Crippen molar-refractivity contribution in [2.45, 2.75) is 19.1 Å². The molecule has 1 N–H and O–H groups in total. The van der Waals surface area contributed by atoms with Gasteiger partial charge in [0.15, 0.2) is 0 Å². The lowest BCUT2D eigenvalue weighted by Gasteiger charge is -2.14. The van der Waals surface area contributed by atoms with Gasteiger partial charge in [0.1, 0.15) is 11.3 Å². The zero-order chi connectivity index (χ0) is 13.3. The number of aliphatic hydroxyl groups is 1. The van der Waals surface area contributed by atoms with E-state index in [1.54, 1.807) is 12.1 Å². The van der Waals surface area contributed by atoms with Crippen LogP contribution in [-0.2, 0) is 0 Å². The summed E-state index contributed by atoms with van der Waals surface area (Å²) in [5, 5.41) is 21.5. The fourth-order valence-corrected chi connectivity index (χ4v) is 1.95. The van der Waals surface area contributed by atoms with Gasteiger partial charge in [0, 0.05) is 22.8 Å². The van der Waals surface area contributed by atoms with Gasteiger partial charge in [0.25, 0.3) is 0 Å². The van der Waals surface area contributed by atoms with Gasteiger partial charge in [0.2, 0.25) is 6.04 Å². The maximum Gasteiger partial charge on any atom is 0.240 e. The lowest BCUT2D eigenvalue weighted by atomic mass is 10.0. The Morgan fingerprint density at radius 1 is 1.44 bits per heavy atom. The Kier molecular flexibility index (Phi) is 3.45. The summed E-state index contributed by atoms with van der Waals surface area (Å²) in [6, 6.07) is 7.74. The normalized spacial score (nSPS) is 14.4. The van der Waals surface area contributed by atoms with E-state index in [9.17, 15) is 15.2 Å². The van der Waals surface area contributed by atoms with Gasteiger partial charge in [-0.2, -0.15) is 0 Å². The summed E-state index contributed by atoms with van der Waals surface area (Å²) in [5.74, 6) is 0. The third-order valence-corrected chi connectivity index (χ3v) is 3.12. The van der Waals surface area contributed by atoms with Crippen molar-refractivity contribution in [1.82, 2.24) is 4.98 Å². The van der Waals surface area contributed by atoms with Crippen LogP contribution in [0.5, 0.6) is 0 Å². The maximum absolute atomic E-state index is 10.7. The molecule has 0 aliphatic rings. The Morgan fingerprint density at radius 3 is 2.78 bits per heavy atom. The standard InChI is InChI=1S/C12H11ClN2O3/c1-7(15(17)18)11(16)9-6-8-4-2-3-5-10(8)14-12(9)13/h2-7,11,16H,1H3. The molecule has 2 unspecified atom stereocenters. The van der Waals surface area contributed by atoms with E-state index < -0.39 is 17.1 Å². The first kappa shape index (κ1) is 12.7. The van der Waals surface area contributed by atoms with Crippen LogP contribution in [-0.4, -0.2) is 21.1 Å². The van der Waals surface area contributed by atoms with Crippen LogP contribution < -0.4 is 0 Å². The number of nitrogens with zero attached hydrogens (tertiary/aromatic N) is 2. The number of pyridine rings is 1. The Hall–Kier alpha value is -1.72. The van der Waals surface area contributed by atoms with E-state index in [1.165, 1.54) is 6.92 Å². The quantitative estimate of drug-likeness (QED) is 0.526.